The highest BCUT2D eigenvalue weighted by molar-refractivity contribution is 5.77. The molecule has 0 saturated heterocycles. The standard InChI is InChI=1S/C9H14O8/c1-9(8(14)15,4-16-6(12)2-10)5-17-7(13)3-11/h10-11H,2-5H2,1H3,(H,14,15). The van der Waals surface area contributed by atoms with Crippen LogP contribution in [0.5, 0.6) is 0 Å². The average molecular weight is 250 g/mol. The van der Waals surface area contributed by atoms with E-state index in [1.165, 1.54) is 6.92 Å². The van der Waals surface area contributed by atoms with E-state index in [2.05, 4.69) is 9.47 Å². The molecule has 3 N–H and O–H groups in total. The predicted octanol–water partition coefficient (Wildman–Crippen LogP) is -1.85. The van der Waals surface area contributed by atoms with E-state index in [1.54, 1.807) is 0 Å². The average Bonchev–Trinajstić information content (AvgIpc) is 2.32. The lowest BCUT2D eigenvalue weighted by molar-refractivity contribution is -0.167. The lowest BCUT2D eigenvalue weighted by Crippen LogP contribution is -2.39. The van der Waals surface area contributed by atoms with Gasteiger partial charge in [0.2, 0.25) is 0 Å². The minimum Gasteiger partial charge on any atom is -0.481 e. The van der Waals surface area contributed by atoms with Crippen LogP contribution in [0.2, 0.25) is 0 Å². The van der Waals surface area contributed by atoms with Crippen molar-refractivity contribution in [3.63, 3.8) is 0 Å². The van der Waals surface area contributed by atoms with Crippen molar-refractivity contribution in [1.29, 1.82) is 0 Å². The van der Waals surface area contributed by atoms with Crippen molar-refractivity contribution in [3.05, 3.63) is 0 Å². The summed E-state index contributed by atoms with van der Waals surface area (Å²) in [5.41, 5.74) is -1.63. The number of carboxylic acid groups (broad SMARTS) is 1. The lowest BCUT2D eigenvalue weighted by Gasteiger charge is -2.23. The molecule has 0 radical (unpaired) electrons. The van der Waals surface area contributed by atoms with Gasteiger partial charge < -0.3 is 24.8 Å². The van der Waals surface area contributed by atoms with E-state index in [9.17, 15) is 14.4 Å². The Balaban J connectivity index is 4.41. The van der Waals surface area contributed by atoms with Gasteiger partial charge in [-0.25, -0.2) is 9.59 Å². The number of carboxylic acids is 1. The first-order valence-corrected chi connectivity index (χ1v) is 4.62. The fourth-order valence-electron chi connectivity index (χ4n) is 0.736. The molecule has 8 heteroatoms. The molecule has 0 spiro atoms. The molecule has 98 valence electrons. The quantitative estimate of drug-likeness (QED) is 0.449. The summed E-state index contributed by atoms with van der Waals surface area (Å²) in [4.78, 5) is 32.2. The van der Waals surface area contributed by atoms with Gasteiger partial charge in [-0.1, -0.05) is 0 Å². The summed E-state index contributed by atoms with van der Waals surface area (Å²) in [5, 5.41) is 25.7. The van der Waals surface area contributed by atoms with Crippen molar-refractivity contribution in [3.8, 4) is 0 Å². The van der Waals surface area contributed by atoms with Crippen LogP contribution in [0.3, 0.4) is 0 Å². The van der Waals surface area contributed by atoms with E-state index in [4.69, 9.17) is 15.3 Å². The summed E-state index contributed by atoms with van der Waals surface area (Å²) in [5.74, 6) is -3.30. The molecule has 0 amide bonds. The maximum Gasteiger partial charge on any atom is 0.331 e. The number of carbonyl (C=O) groups is 3. The molecule has 0 atom stereocenters. The molecular weight excluding hydrogens is 236 g/mol. The molecule has 0 heterocycles. The highest BCUT2D eigenvalue weighted by atomic mass is 16.6. The Morgan fingerprint density at radius 2 is 1.35 bits per heavy atom. The van der Waals surface area contributed by atoms with Gasteiger partial charge in [0, 0.05) is 0 Å². The third-order valence-corrected chi connectivity index (χ3v) is 1.88. The van der Waals surface area contributed by atoms with Crippen LogP contribution in [0.25, 0.3) is 0 Å². The fraction of sp³-hybridized carbons (Fsp3) is 0.667. The Kier molecular flexibility index (Phi) is 6.15. The maximum atomic E-state index is 10.9. The van der Waals surface area contributed by atoms with Crippen molar-refractivity contribution in [2.75, 3.05) is 26.4 Å². The molecule has 0 aliphatic heterocycles. The summed E-state index contributed by atoms with van der Waals surface area (Å²) in [6, 6.07) is 0. The van der Waals surface area contributed by atoms with Crippen molar-refractivity contribution in [2.45, 2.75) is 6.92 Å². The van der Waals surface area contributed by atoms with Crippen molar-refractivity contribution in [2.24, 2.45) is 5.41 Å². The zero-order valence-corrected chi connectivity index (χ0v) is 9.21. The van der Waals surface area contributed by atoms with Crippen LogP contribution >= 0.6 is 0 Å². The van der Waals surface area contributed by atoms with Crippen LogP contribution in [-0.2, 0) is 23.9 Å². The zero-order valence-electron chi connectivity index (χ0n) is 9.21. The van der Waals surface area contributed by atoms with Gasteiger partial charge in [0.15, 0.2) is 0 Å². The van der Waals surface area contributed by atoms with Gasteiger partial charge in [-0.3, -0.25) is 4.79 Å². The Morgan fingerprint density at radius 1 is 1.00 bits per heavy atom. The Hall–Kier alpha value is -1.67. The molecule has 0 aromatic rings. The minimum atomic E-state index is -1.63. The number of hydrogen-bond donors (Lipinski definition) is 3. The monoisotopic (exact) mass is 250 g/mol. The molecule has 0 fully saturated rings. The molecule has 0 aromatic carbocycles. The maximum absolute atomic E-state index is 10.9. The van der Waals surface area contributed by atoms with E-state index >= 15 is 0 Å². The number of aliphatic hydroxyl groups is 2. The Morgan fingerprint density at radius 3 is 1.59 bits per heavy atom. The van der Waals surface area contributed by atoms with Gasteiger partial charge in [-0.15, -0.1) is 0 Å². The molecule has 17 heavy (non-hydrogen) atoms. The molecule has 8 nitrogen and oxygen atoms in total. The van der Waals surface area contributed by atoms with Crippen LogP contribution < -0.4 is 0 Å². The molecule has 0 unspecified atom stereocenters. The highest BCUT2D eigenvalue weighted by Crippen LogP contribution is 2.18. The second-order valence-corrected chi connectivity index (χ2v) is 3.50. The predicted molar refractivity (Wildman–Crippen MR) is 51.8 cm³/mol. The molecular formula is C9H14O8. The van der Waals surface area contributed by atoms with Crippen molar-refractivity contribution < 1.29 is 39.2 Å². The van der Waals surface area contributed by atoms with Gasteiger partial charge in [0.25, 0.3) is 0 Å². The first-order chi connectivity index (χ1) is 7.85. The largest absolute Gasteiger partial charge is 0.481 e. The lowest BCUT2D eigenvalue weighted by atomic mass is 9.93. The molecule has 0 aliphatic rings. The smallest absolute Gasteiger partial charge is 0.331 e. The number of aliphatic carboxylic acids is 1. The van der Waals surface area contributed by atoms with Crippen molar-refractivity contribution >= 4 is 17.9 Å². The molecule has 0 aromatic heterocycles. The molecule has 0 aliphatic carbocycles. The van der Waals surface area contributed by atoms with Gasteiger partial charge in [-0.2, -0.15) is 0 Å². The summed E-state index contributed by atoms with van der Waals surface area (Å²) < 4.78 is 8.92. The van der Waals surface area contributed by atoms with E-state index in [-0.39, 0.29) is 0 Å². The van der Waals surface area contributed by atoms with Gasteiger partial charge in [0.05, 0.1) is 0 Å². The third kappa shape index (κ3) is 5.27. The van der Waals surface area contributed by atoms with E-state index in [1.807, 2.05) is 0 Å². The molecule has 0 rings (SSSR count). The normalized spacial score (nSPS) is 10.8. The van der Waals surface area contributed by atoms with Crippen LogP contribution in [-0.4, -0.2) is 59.7 Å². The molecule has 0 saturated carbocycles. The van der Waals surface area contributed by atoms with E-state index < -0.39 is 49.8 Å². The number of aliphatic hydroxyl groups excluding tert-OH is 2. The SMILES string of the molecule is CC(COC(=O)CO)(COC(=O)CO)C(=O)O. The van der Waals surface area contributed by atoms with Crippen LogP contribution in [0.4, 0.5) is 0 Å². The second-order valence-electron chi connectivity index (χ2n) is 3.50. The van der Waals surface area contributed by atoms with Gasteiger partial charge in [0.1, 0.15) is 31.8 Å². The molecule has 0 bridgehead atoms. The Labute approximate surface area is 96.8 Å². The number of esters is 2. The topological polar surface area (TPSA) is 130 Å². The van der Waals surface area contributed by atoms with E-state index in [0.29, 0.717) is 0 Å². The second kappa shape index (κ2) is 6.81. The summed E-state index contributed by atoms with van der Waals surface area (Å²) >= 11 is 0. The van der Waals surface area contributed by atoms with E-state index in [0.717, 1.165) is 0 Å². The van der Waals surface area contributed by atoms with Crippen LogP contribution in [0.1, 0.15) is 6.92 Å². The first kappa shape index (κ1) is 15.3. The van der Waals surface area contributed by atoms with Gasteiger partial charge in [-0.05, 0) is 6.92 Å². The first-order valence-electron chi connectivity index (χ1n) is 4.62. The van der Waals surface area contributed by atoms with Crippen molar-refractivity contribution in [1.82, 2.24) is 0 Å². The number of rotatable bonds is 7. The minimum absolute atomic E-state index is 0.555. The number of carbonyl (C=O) groups excluding carboxylic acids is 2. The Bertz CT molecular complexity index is 277. The summed E-state index contributed by atoms with van der Waals surface area (Å²) in [7, 11) is 0. The van der Waals surface area contributed by atoms with Gasteiger partial charge >= 0.3 is 17.9 Å². The summed E-state index contributed by atoms with van der Waals surface area (Å²) in [6.45, 7) is -1.65. The zero-order chi connectivity index (χ0) is 13.5. The third-order valence-electron chi connectivity index (χ3n) is 1.88. The number of ether oxygens (including phenoxy) is 2. The summed E-state index contributed by atoms with van der Waals surface area (Å²) in [6.07, 6.45) is 0. The van der Waals surface area contributed by atoms with Crippen LogP contribution in [0.15, 0.2) is 0 Å². The highest BCUT2D eigenvalue weighted by Gasteiger charge is 2.36. The number of hydrogen-bond acceptors (Lipinski definition) is 7. The fourth-order valence-corrected chi connectivity index (χ4v) is 0.736. The van der Waals surface area contributed by atoms with Crippen LogP contribution in [0, 0.1) is 5.41 Å².